The molecule has 0 spiro atoms. The summed E-state index contributed by atoms with van der Waals surface area (Å²) in [5.41, 5.74) is 3.63. The number of nitrogens with one attached hydrogen (secondary N) is 1. The third-order valence-electron chi connectivity index (χ3n) is 6.71. The highest BCUT2D eigenvalue weighted by Crippen LogP contribution is 2.30. The van der Waals surface area contributed by atoms with Gasteiger partial charge >= 0.3 is 0 Å². The fraction of sp³-hybridized carbons (Fsp3) is 0.500. The lowest BCUT2D eigenvalue weighted by Gasteiger charge is -2.29. The van der Waals surface area contributed by atoms with Gasteiger partial charge in [0.25, 0.3) is 0 Å². The van der Waals surface area contributed by atoms with E-state index in [1.165, 1.54) is 6.39 Å². The van der Waals surface area contributed by atoms with Crippen molar-refractivity contribution in [1.29, 1.82) is 0 Å². The molecule has 4 rings (SSSR count). The number of amides is 1. The highest BCUT2D eigenvalue weighted by molar-refractivity contribution is 5.82. The van der Waals surface area contributed by atoms with E-state index < -0.39 is 6.10 Å². The van der Waals surface area contributed by atoms with Crippen LogP contribution in [0.4, 0.5) is 0 Å². The van der Waals surface area contributed by atoms with Crippen LogP contribution in [0.5, 0.6) is 0 Å². The number of likely N-dealkylation sites (tertiary alicyclic amines) is 1. The van der Waals surface area contributed by atoms with Crippen LogP contribution in [0.25, 0.3) is 11.3 Å². The second-order valence-corrected chi connectivity index (χ2v) is 9.70. The van der Waals surface area contributed by atoms with Crippen LogP contribution < -0.4 is 5.32 Å². The van der Waals surface area contributed by atoms with Gasteiger partial charge in [-0.2, -0.15) is 0 Å². The van der Waals surface area contributed by atoms with E-state index in [9.17, 15) is 9.90 Å². The number of aliphatic hydroxyl groups excluding tert-OH is 1. The lowest BCUT2D eigenvalue weighted by molar-refractivity contribution is -0.126. The fourth-order valence-electron chi connectivity index (χ4n) is 4.69. The second kappa shape index (κ2) is 10.1. The zero-order chi connectivity index (χ0) is 24.4. The number of benzene rings is 1. The van der Waals surface area contributed by atoms with Gasteiger partial charge in [-0.3, -0.25) is 9.69 Å². The summed E-state index contributed by atoms with van der Waals surface area (Å²) in [6, 6.07) is 9.33. The molecule has 3 heterocycles. The molecule has 0 unspecified atom stereocenters. The number of aryl methyl sites for hydroxylation is 2. The van der Waals surface area contributed by atoms with Gasteiger partial charge in [0, 0.05) is 30.6 Å². The molecule has 0 bridgehead atoms. The third kappa shape index (κ3) is 5.23. The zero-order valence-electron chi connectivity index (χ0n) is 20.5. The Morgan fingerprint density at radius 1 is 1.24 bits per heavy atom. The first-order chi connectivity index (χ1) is 16.2. The van der Waals surface area contributed by atoms with Gasteiger partial charge in [0.05, 0.1) is 29.6 Å². The monoisotopic (exact) mass is 466 g/mol. The van der Waals surface area contributed by atoms with Crippen LogP contribution in [0.1, 0.15) is 61.9 Å². The van der Waals surface area contributed by atoms with Crippen molar-refractivity contribution in [3.8, 4) is 11.3 Å². The van der Waals surface area contributed by atoms with Crippen LogP contribution in [0.2, 0.25) is 0 Å². The Balaban J connectivity index is 1.43. The predicted octanol–water partition coefficient (Wildman–Crippen LogP) is 4.00. The summed E-state index contributed by atoms with van der Waals surface area (Å²) in [6.07, 6.45) is 1.33. The lowest BCUT2D eigenvalue weighted by Crippen LogP contribution is -2.45. The minimum absolute atomic E-state index is 0.0736. The maximum atomic E-state index is 13.3. The molecule has 0 aliphatic carbocycles. The third-order valence-corrected chi connectivity index (χ3v) is 6.71. The predicted molar refractivity (Wildman–Crippen MR) is 128 cm³/mol. The number of aromatic nitrogens is 2. The normalized spacial score (nSPS) is 20.6. The molecule has 2 N–H and O–H groups in total. The first-order valence-corrected chi connectivity index (χ1v) is 11.9. The van der Waals surface area contributed by atoms with Gasteiger partial charge < -0.3 is 19.4 Å². The van der Waals surface area contributed by atoms with Crippen LogP contribution in [-0.4, -0.2) is 51.3 Å². The van der Waals surface area contributed by atoms with Crippen LogP contribution in [0.3, 0.4) is 0 Å². The highest BCUT2D eigenvalue weighted by Gasteiger charge is 2.38. The summed E-state index contributed by atoms with van der Waals surface area (Å²) in [6.45, 7) is 11.1. The second-order valence-electron chi connectivity index (χ2n) is 9.70. The summed E-state index contributed by atoms with van der Waals surface area (Å²) in [5.74, 6) is 1.89. The van der Waals surface area contributed by atoms with E-state index in [1.807, 2.05) is 51.1 Å². The molecular formula is C26H34N4O4. The van der Waals surface area contributed by atoms with Crippen molar-refractivity contribution in [3.63, 3.8) is 0 Å². The molecule has 1 aliphatic rings. The van der Waals surface area contributed by atoms with Gasteiger partial charge in [0.2, 0.25) is 5.91 Å². The SMILES string of the molecule is Cc1cc([C@H](CN2C[C@H](O)C[C@H]2C(=O)N[C@@H](C)c2ccc(-c3ocnc3C)cc2)C(C)C)on1. The number of hydrogen-bond acceptors (Lipinski definition) is 7. The maximum absolute atomic E-state index is 13.3. The van der Waals surface area contributed by atoms with Gasteiger partial charge in [-0.05, 0) is 38.7 Å². The molecule has 0 saturated carbocycles. The van der Waals surface area contributed by atoms with Gasteiger partial charge in [0.15, 0.2) is 12.2 Å². The molecule has 8 nitrogen and oxygen atoms in total. The quantitative estimate of drug-likeness (QED) is 0.517. The van der Waals surface area contributed by atoms with Crippen molar-refractivity contribution in [2.24, 2.45) is 5.92 Å². The van der Waals surface area contributed by atoms with E-state index in [0.717, 1.165) is 34.0 Å². The van der Waals surface area contributed by atoms with Gasteiger partial charge in [-0.1, -0.05) is 43.3 Å². The Hall–Kier alpha value is -2.97. The summed E-state index contributed by atoms with van der Waals surface area (Å²) in [5, 5.41) is 17.5. The smallest absolute Gasteiger partial charge is 0.237 e. The lowest BCUT2D eigenvalue weighted by atomic mass is 9.92. The minimum atomic E-state index is -0.528. The van der Waals surface area contributed by atoms with Crippen molar-refractivity contribution in [2.75, 3.05) is 13.1 Å². The van der Waals surface area contributed by atoms with E-state index in [2.05, 4.69) is 34.2 Å². The molecule has 182 valence electrons. The molecule has 4 atom stereocenters. The van der Waals surface area contributed by atoms with Crippen molar-refractivity contribution >= 4 is 5.91 Å². The zero-order valence-corrected chi connectivity index (χ0v) is 20.5. The average Bonchev–Trinajstić information content (AvgIpc) is 3.51. The Labute approximate surface area is 200 Å². The molecule has 3 aromatic rings. The van der Waals surface area contributed by atoms with Crippen molar-refractivity contribution in [2.45, 2.75) is 65.1 Å². The molecular weight excluding hydrogens is 432 g/mol. The van der Waals surface area contributed by atoms with Gasteiger partial charge in [0.1, 0.15) is 5.76 Å². The largest absolute Gasteiger partial charge is 0.443 e. The fourth-order valence-corrected chi connectivity index (χ4v) is 4.69. The van der Waals surface area contributed by atoms with Crippen LogP contribution in [-0.2, 0) is 4.79 Å². The van der Waals surface area contributed by atoms with Crippen LogP contribution in [0, 0.1) is 19.8 Å². The van der Waals surface area contributed by atoms with E-state index >= 15 is 0 Å². The number of rotatable bonds is 8. The van der Waals surface area contributed by atoms with Crippen LogP contribution in [0.15, 0.2) is 45.7 Å². The van der Waals surface area contributed by atoms with E-state index in [0.29, 0.717) is 25.4 Å². The molecule has 0 radical (unpaired) electrons. The number of β-amino-alcohol motifs (C(OH)–C–C–N with tert-alkyl or cyclic N) is 1. The molecule has 1 amide bonds. The van der Waals surface area contributed by atoms with Gasteiger partial charge in [-0.15, -0.1) is 0 Å². The Bertz CT molecular complexity index is 1100. The first-order valence-electron chi connectivity index (χ1n) is 11.9. The summed E-state index contributed by atoms with van der Waals surface area (Å²) < 4.78 is 11.0. The number of hydrogen-bond donors (Lipinski definition) is 2. The topological polar surface area (TPSA) is 105 Å². The first kappa shape index (κ1) is 24.2. The van der Waals surface area contributed by atoms with E-state index in [-0.39, 0.29) is 23.9 Å². The summed E-state index contributed by atoms with van der Waals surface area (Å²) >= 11 is 0. The van der Waals surface area contributed by atoms with E-state index in [1.54, 1.807) is 0 Å². The number of aliphatic hydroxyl groups is 1. The van der Waals surface area contributed by atoms with Gasteiger partial charge in [-0.25, -0.2) is 4.98 Å². The molecule has 1 aliphatic heterocycles. The van der Waals surface area contributed by atoms with Crippen LogP contribution >= 0.6 is 0 Å². The summed E-state index contributed by atoms with van der Waals surface area (Å²) in [7, 11) is 0. The molecule has 34 heavy (non-hydrogen) atoms. The van der Waals surface area contributed by atoms with Crippen molar-refractivity contribution < 1.29 is 18.8 Å². The number of oxazole rings is 1. The standard InChI is InChI=1S/C26H34N4O4/c1-15(2)22(24-10-16(3)29-34-24)13-30-12-21(31)11-23(30)26(32)28-17(4)19-6-8-20(9-7-19)25-18(5)27-14-33-25/h6-10,14-15,17,21-23,31H,11-13H2,1-5H3,(H,28,32)/t17-,21+,22+,23-/m0/s1. The maximum Gasteiger partial charge on any atom is 0.237 e. The Morgan fingerprint density at radius 2 is 1.97 bits per heavy atom. The average molecular weight is 467 g/mol. The molecule has 1 aromatic carbocycles. The van der Waals surface area contributed by atoms with Crippen molar-refractivity contribution in [1.82, 2.24) is 20.4 Å². The summed E-state index contributed by atoms with van der Waals surface area (Å²) in [4.78, 5) is 19.5. The number of carbonyl (C=O) groups is 1. The van der Waals surface area contributed by atoms with E-state index in [4.69, 9.17) is 8.94 Å². The molecule has 1 saturated heterocycles. The Morgan fingerprint density at radius 3 is 2.56 bits per heavy atom. The Kier molecular flexibility index (Phi) is 7.19. The highest BCUT2D eigenvalue weighted by atomic mass is 16.5. The molecule has 2 aromatic heterocycles. The molecule has 8 heteroatoms. The number of carbonyl (C=O) groups excluding carboxylic acids is 1. The van der Waals surface area contributed by atoms with Crippen molar-refractivity contribution in [3.05, 3.63) is 59.4 Å². The number of nitrogens with zero attached hydrogens (tertiary/aromatic N) is 3. The molecule has 1 fully saturated rings. The minimum Gasteiger partial charge on any atom is -0.443 e.